The predicted octanol–water partition coefficient (Wildman–Crippen LogP) is 2.95. The second-order valence-electron chi connectivity index (χ2n) is 3.89. The van der Waals surface area contributed by atoms with E-state index in [-0.39, 0.29) is 18.0 Å². The van der Waals surface area contributed by atoms with Crippen molar-refractivity contribution in [2.24, 2.45) is 0 Å². The number of carboxylic acids is 1. The number of nitro benzene ring substituents is 1. The molecule has 0 fully saturated rings. The maximum Gasteiger partial charge on any atom is 0.303 e. The lowest BCUT2D eigenvalue weighted by atomic mass is 9.92. The second kappa shape index (κ2) is 5.98. The van der Waals surface area contributed by atoms with Crippen molar-refractivity contribution in [3.8, 4) is 0 Å². The monoisotopic (exact) mass is 237 g/mol. The number of hydrogen-bond donors (Lipinski definition) is 1. The summed E-state index contributed by atoms with van der Waals surface area (Å²) in [6.45, 7) is 1.98. The summed E-state index contributed by atoms with van der Waals surface area (Å²) in [6.07, 6.45) is 1.50. The topological polar surface area (TPSA) is 80.4 Å². The molecule has 0 aliphatic heterocycles. The molecule has 5 heteroatoms. The van der Waals surface area contributed by atoms with E-state index < -0.39 is 10.9 Å². The van der Waals surface area contributed by atoms with Crippen LogP contribution in [0, 0.1) is 10.1 Å². The average Bonchev–Trinajstić information content (AvgIpc) is 2.30. The first kappa shape index (κ1) is 13.2. The Hall–Kier alpha value is -1.91. The van der Waals surface area contributed by atoms with Gasteiger partial charge in [-0.3, -0.25) is 14.9 Å². The minimum absolute atomic E-state index is 0.0573. The first-order valence-corrected chi connectivity index (χ1v) is 5.50. The van der Waals surface area contributed by atoms with Gasteiger partial charge in [0.05, 0.1) is 4.92 Å². The van der Waals surface area contributed by atoms with E-state index in [1.54, 1.807) is 12.1 Å². The van der Waals surface area contributed by atoms with Crippen molar-refractivity contribution in [2.45, 2.75) is 32.1 Å². The van der Waals surface area contributed by atoms with E-state index >= 15 is 0 Å². The van der Waals surface area contributed by atoms with E-state index in [1.807, 2.05) is 6.92 Å². The zero-order valence-corrected chi connectivity index (χ0v) is 9.63. The third-order valence-electron chi connectivity index (χ3n) is 2.77. The highest BCUT2D eigenvalue weighted by Crippen LogP contribution is 2.26. The molecule has 1 atom stereocenters. The zero-order chi connectivity index (χ0) is 12.8. The number of rotatable bonds is 6. The van der Waals surface area contributed by atoms with Crippen molar-refractivity contribution in [2.75, 3.05) is 0 Å². The van der Waals surface area contributed by atoms with Gasteiger partial charge in [0.2, 0.25) is 0 Å². The molecular formula is C12H15NO4. The van der Waals surface area contributed by atoms with Crippen LogP contribution in [0.2, 0.25) is 0 Å². The third kappa shape index (κ3) is 3.86. The number of nitro groups is 1. The molecule has 1 unspecified atom stereocenters. The fraction of sp³-hybridized carbons (Fsp3) is 0.417. The number of carbonyl (C=O) groups is 1. The van der Waals surface area contributed by atoms with Crippen molar-refractivity contribution in [3.05, 3.63) is 39.9 Å². The van der Waals surface area contributed by atoms with Gasteiger partial charge in [-0.1, -0.05) is 19.1 Å². The van der Waals surface area contributed by atoms with E-state index in [1.165, 1.54) is 12.1 Å². The minimum Gasteiger partial charge on any atom is -0.481 e. The Labute approximate surface area is 99.2 Å². The van der Waals surface area contributed by atoms with Crippen molar-refractivity contribution >= 4 is 11.7 Å². The molecule has 1 aromatic carbocycles. The van der Waals surface area contributed by atoms with Crippen LogP contribution < -0.4 is 0 Å². The van der Waals surface area contributed by atoms with Gasteiger partial charge in [-0.25, -0.2) is 0 Å². The van der Waals surface area contributed by atoms with Crippen LogP contribution in [0.1, 0.15) is 37.7 Å². The first-order valence-electron chi connectivity index (χ1n) is 5.50. The van der Waals surface area contributed by atoms with Crippen molar-refractivity contribution in [1.82, 2.24) is 0 Å². The van der Waals surface area contributed by atoms with Crippen molar-refractivity contribution in [3.63, 3.8) is 0 Å². The van der Waals surface area contributed by atoms with Crippen LogP contribution in [-0.4, -0.2) is 16.0 Å². The Morgan fingerprint density at radius 2 is 2.00 bits per heavy atom. The molecule has 0 bridgehead atoms. The molecule has 0 saturated heterocycles. The van der Waals surface area contributed by atoms with Crippen LogP contribution in [0.5, 0.6) is 0 Å². The normalized spacial score (nSPS) is 12.1. The summed E-state index contributed by atoms with van der Waals surface area (Å²) in [5, 5.41) is 19.1. The van der Waals surface area contributed by atoms with Crippen LogP contribution in [-0.2, 0) is 4.79 Å². The molecule has 0 aromatic heterocycles. The number of carboxylic acid groups (broad SMARTS) is 1. The van der Waals surface area contributed by atoms with Crippen LogP contribution in [0.25, 0.3) is 0 Å². The van der Waals surface area contributed by atoms with Crippen LogP contribution in [0.15, 0.2) is 24.3 Å². The van der Waals surface area contributed by atoms with Gasteiger partial charge >= 0.3 is 5.97 Å². The maximum atomic E-state index is 10.5. The van der Waals surface area contributed by atoms with Gasteiger partial charge in [-0.2, -0.15) is 0 Å². The molecule has 1 rings (SSSR count). The number of non-ortho nitro benzene ring substituents is 1. The molecule has 0 aliphatic carbocycles. The van der Waals surface area contributed by atoms with E-state index in [4.69, 9.17) is 5.11 Å². The minimum atomic E-state index is -0.814. The summed E-state index contributed by atoms with van der Waals surface area (Å²) in [4.78, 5) is 20.6. The fourth-order valence-electron chi connectivity index (χ4n) is 1.77. The molecule has 5 nitrogen and oxygen atoms in total. The van der Waals surface area contributed by atoms with Gasteiger partial charge in [0.25, 0.3) is 5.69 Å². The molecule has 0 spiro atoms. The maximum absolute atomic E-state index is 10.5. The van der Waals surface area contributed by atoms with Crippen LogP contribution in [0.4, 0.5) is 5.69 Å². The van der Waals surface area contributed by atoms with Gasteiger partial charge < -0.3 is 5.11 Å². The van der Waals surface area contributed by atoms with Crippen LogP contribution >= 0.6 is 0 Å². The lowest BCUT2D eigenvalue weighted by molar-refractivity contribution is -0.384. The summed E-state index contributed by atoms with van der Waals surface area (Å²) < 4.78 is 0. The number of aliphatic carboxylic acids is 1. The predicted molar refractivity (Wildman–Crippen MR) is 63.0 cm³/mol. The summed E-state index contributed by atoms with van der Waals surface area (Å²) in [5.74, 6) is -0.669. The highest BCUT2D eigenvalue weighted by atomic mass is 16.6. The number of benzene rings is 1. The number of hydrogen-bond acceptors (Lipinski definition) is 3. The SMILES string of the molecule is CCC(CCC(=O)O)c1ccc([N+](=O)[O-])cc1. The van der Waals surface area contributed by atoms with Gasteiger partial charge in [-0.15, -0.1) is 0 Å². The molecule has 0 saturated carbocycles. The first-order chi connectivity index (χ1) is 8.04. The van der Waals surface area contributed by atoms with Gasteiger partial charge in [0, 0.05) is 18.6 Å². The molecule has 0 aliphatic rings. The molecule has 0 heterocycles. The Kier molecular flexibility index (Phi) is 4.63. The summed E-state index contributed by atoms with van der Waals surface area (Å²) in [6, 6.07) is 6.32. The highest BCUT2D eigenvalue weighted by Gasteiger charge is 2.13. The van der Waals surface area contributed by atoms with Gasteiger partial charge in [0.15, 0.2) is 0 Å². The third-order valence-corrected chi connectivity index (χ3v) is 2.77. The lowest BCUT2D eigenvalue weighted by Crippen LogP contribution is -2.02. The Bertz CT molecular complexity index is 399. The zero-order valence-electron chi connectivity index (χ0n) is 9.63. The van der Waals surface area contributed by atoms with E-state index in [9.17, 15) is 14.9 Å². The Morgan fingerprint density at radius 1 is 1.41 bits per heavy atom. The Balaban J connectivity index is 2.75. The average molecular weight is 237 g/mol. The highest BCUT2D eigenvalue weighted by molar-refractivity contribution is 5.66. The smallest absolute Gasteiger partial charge is 0.303 e. The van der Waals surface area contributed by atoms with E-state index in [0.29, 0.717) is 6.42 Å². The fourth-order valence-corrected chi connectivity index (χ4v) is 1.77. The quantitative estimate of drug-likeness (QED) is 0.609. The van der Waals surface area contributed by atoms with E-state index in [0.717, 1.165) is 12.0 Å². The van der Waals surface area contributed by atoms with Gasteiger partial charge in [0.1, 0.15) is 0 Å². The summed E-state index contributed by atoms with van der Waals surface area (Å²) in [7, 11) is 0. The molecular weight excluding hydrogens is 222 g/mol. The second-order valence-corrected chi connectivity index (χ2v) is 3.89. The molecule has 0 amide bonds. The molecule has 92 valence electrons. The van der Waals surface area contributed by atoms with Crippen molar-refractivity contribution < 1.29 is 14.8 Å². The van der Waals surface area contributed by atoms with E-state index in [2.05, 4.69) is 0 Å². The molecule has 0 radical (unpaired) electrons. The largest absolute Gasteiger partial charge is 0.481 e. The molecule has 17 heavy (non-hydrogen) atoms. The molecule has 1 N–H and O–H groups in total. The number of nitrogens with zero attached hydrogens (tertiary/aromatic N) is 1. The van der Waals surface area contributed by atoms with Crippen LogP contribution in [0.3, 0.4) is 0 Å². The molecule has 1 aromatic rings. The summed E-state index contributed by atoms with van der Waals surface area (Å²) in [5.41, 5.74) is 1.01. The lowest BCUT2D eigenvalue weighted by Gasteiger charge is -2.13. The standard InChI is InChI=1S/C12H15NO4/c1-2-9(5-8-12(14)15)10-3-6-11(7-4-10)13(16)17/h3-4,6-7,9H,2,5,8H2,1H3,(H,14,15). The summed E-state index contributed by atoms with van der Waals surface area (Å²) >= 11 is 0. The Morgan fingerprint density at radius 3 is 2.41 bits per heavy atom. The van der Waals surface area contributed by atoms with Crippen molar-refractivity contribution in [1.29, 1.82) is 0 Å². The van der Waals surface area contributed by atoms with Gasteiger partial charge in [-0.05, 0) is 24.3 Å².